The van der Waals surface area contributed by atoms with Gasteiger partial charge in [-0.2, -0.15) is 0 Å². The van der Waals surface area contributed by atoms with Gasteiger partial charge in [-0.3, -0.25) is 0 Å². The van der Waals surface area contributed by atoms with Crippen LogP contribution in [0.25, 0.3) is 0 Å². The number of benzene rings is 1. The van der Waals surface area contributed by atoms with Gasteiger partial charge in [-0.1, -0.05) is 29.8 Å². The Morgan fingerprint density at radius 3 is 2.20 bits per heavy atom. The molecule has 0 N–H and O–H groups in total. The first-order chi connectivity index (χ1) is 7.12. The van der Waals surface area contributed by atoms with Gasteiger partial charge >= 0.3 is 0 Å². The summed E-state index contributed by atoms with van der Waals surface area (Å²) in [4.78, 5) is 0.225. The van der Waals surface area contributed by atoms with E-state index in [1.807, 2.05) is 0 Å². The fourth-order valence-corrected chi connectivity index (χ4v) is 2.90. The van der Waals surface area contributed by atoms with Gasteiger partial charge in [-0.25, -0.2) is 12.4 Å². The molecule has 5 heteroatoms. The lowest BCUT2D eigenvalue weighted by atomic mass is 10.4. The molecule has 0 bridgehead atoms. The van der Waals surface area contributed by atoms with E-state index in [1.54, 1.807) is 24.3 Å². The Morgan fingerprint density at radius 2 is 1.67 bits per heavy atom. The molecule has 1 aromatic carbocycles. The maximum absolute atomic E-state index is 12.0. The second-order valence-corrected chi connectivity index (χ2v) is 5.15. The van der Waals surface area contributed by atoms with Gasteiger partial charge in [0.15, 0.2) is 0 Å². The molecule has 0 amide bonds. The van der Waals surface area contributed by atoms with Crippen LogP contribution in [0.2, 0.25) is 5.15 Å². The smallest absolute Gasteiger partial charge is 0.231 e. The SMILES string of the molecule is O=S(=O)(c1ccccc1)n1cccc1Cl. The Hall–Kier alpha value is -1.26. The molecule has 0 unspecified atom stereocenters. The first kappa shape index (κ1) is 10.3. The summed E-state index contributed by atoms with van der Waals surface area (Å²) >= 11 is 5.76. The molecule has 1 heterocycles. The number of halogens is 1. The van der Waals surface area contributed by atoms with Crippen LogP contribution < -0.4 is 0 Å². The zero-order chi connectivity index (χ0) is 10.9. The maximum atomic E-state index is 12.0. The third-order valence-corrected chi connectivity index (χ3v) is 4.08. The molecule has 0 spiro atoms. The fourth-order valence-electron chi connectivity index (χ4n) is 1.25. The Labute approximate surface area is 93.0 Å². The van der Waals surface area contributed by atoms with Gasteiger partial charge in [0.25, 0.3) is 10.0 Å². The van der Waals surface area contributed by atoms with Crippen molar-refractivity contribution in [2.75, 3.05) is 0 Å². The Kier molecular flexibility index (Phi) is 2.54. The van der Waals surface area contributed by atoms with Crippen LogP contribution in [0, 0.1) is 0 Å². The van der Waals surface area contributed by atoms with E-state index in [1.165, 1.54) is 24.4 Å². The third kappa shape index (κ3) is 1.78. The molecule has 0 atom stereocenters. The van der Waals surface area contributed by atoms with Crippen LogP contribution in [0.4, 0.5) is 0 Å². The number of hydrogen-bond acceptors (Lipinski definition) is 2. The van der Waals surface area contributed by atoms with Crippen LogP contribution in [0.1, 0.15) is 0 Å². The van der Waals surface area contributed by atoms with Gasteiger partial charge in [-0.05, 0) is 24.3 Å². The van der Waals surface area contributed by atoms with Crippen molar-refractivity contribution in [3.8, 4) is 0 Å². The average Bonchev–Trinajstić information content (AvgIpc) is 2.66. The summed E-state index contributed by atoms with van der Waals surface area (Å²) in [6, 6.07) is 11.3. The second kappa shape index (κ2) is 3.72. The highest BCUT2D eigenvalue weighted by atomic mass is 35.5. The molecular weight excluding hydrogens is 234 g/mol. The molecule has 0 saturated heterocycles. The minimum atomic E-state index is -3.54. The van der Waals surface area contributed by atoms with E-state index in [-0.39, 0.29) is 10.0 Å². The first-order valence-electron chi connectivity index (χ1n) is 4.26. The number of rotatable bonds is 2. The summed E-state index contributed by atoms with van der Waals surface area (Å²) in [5.41, 5.74) is 0. The van der Waals surface area contributed by atoms with Crippen molar-refractivity contribution in [1.82, 2.24) is 3.97 Å². The minimum Gasteiger partial charge on any atom is -0.231 e. The van der Waals surface area contributed by atoms with E-state index < -0.39 is 10.0 Å². The van der Waals surface area contributed by atoms with Crippen molar-refractivity contribution in [3.05, 3.63) is 53.8 Å². The van der Waals surface area contributed by atoms with E-state index in [9.17, 15) is 8.42 Å². The quantitative estimate of drug-likeness (QED) is 0.810. The zero-order valence-electron chi connectivity index (χ0n) is 7.67. The maximum Gasteiger partial charge on any atom is 0.268 e. The summed E-state index contributed by atoms with van der Waals surface area (Å²) in [6.07, 6.45) is 1.42. The number of aromatic nitrogens is 1. The number of nitrogens with zero attached hydrogens (tertiary/aromatic N) is 1. The highest BCUT2D eigenvalue weighted by Crippen LogP contribution is 2.18. The normalized spacial score (nSPS) is 11.5. The first-order valence-corrected chi connectivity index (χ1v) is 6.07. The Bertz CT molecular complexity index is 560. The van der Waals surface area contributed by atoms with Crippen LogP contribution in [-0.2, 0) is 10.0 Å². The highest BCUT2D eigenvalue weighted by Gasteiger charge is 2.17. The van der Waals surface area contributed by atoms with E-state index in [4.69, 9.17) is 11.6 Å². The minimum absolute atomic E-state index is 0.179. The van der Waals surface area contributed by atoms with Gasteiger partial charge in [-0.15, -0.1) is 0 Å². The van der Waals surface area contributed by atoms with Gasteiger partial charge in [0.2, 0.25) is 0 Å². The van der Waals surface area contributed by atoms with Crippen molar-refractivity contribution in [3.63, 3.8) is 0 Å². The van der Waals surface area contributed by atoms with Crippen molar-refractivity contribution in [2.45, 2.75) is 4.90 Å². The predicted octanol–water partition coefficient (Wildman–Crippen LogP) is 2.38. The molecule has 0 radical (unpaired) electrons. The lowest BCUT2D eigenvalue weighted by Crippen LogP contribution is -2.11. The molecule has 2 aromatic rings. The summed E-state index contributed by atoms with van der Waals surface area (Å²) in [7, 11) is -3.54. The molecule has 78 valence electrons. The zero-order valence-corrected chi connectivity index (χ0v) is 9.24. The second-order valence-electron chi connectivity index (χ2n) is 2.94. The van der Waals surface area contributed by atoms with Crippen LogP contribution in [0.5, 0.6) is 0 Å². The molecule has 0 aliphatic carbocycles. The van der Waals surface area contributed by atoms with Crippen LogP contribution in [0.3, 0.4) is 0 Å². The predicted molar refractivity (Wildman–Crippen MR) is 58.5 cm³/mol. The van der Waals surface area contributed by atoms with Gasteiger partial charge in [0.1, 0.15) is 5.15 Å². The highest BCUT2D eigenvalue weighted by molar-refractivity contribution is 7.90. The molecular formula is C10H8ClNO2S. The van der Waals surface area contributed by atoms with Crippen molar-refractivity contribution in [1.29, 1.82) is 0 Å². The summed E-state index contributed by atoms with van der Waals surface area (Å²) in [6.45, 7) is 0. The molecule has 15 heavy (non-hydrogen) atoms. The summed E-state index contributed by atoms with van der Waals surface area (Å²) in [5, 5.41) is 0.179. The molecule has 0 fully saturated rings. The van der Waals surface area contributed by atoms with Crippen LogP contribution in [-0.4, -0.2) is 12.4 Å². The lowest BCUT2D eigenvalue weighted by molar-refractivity contribution is 0.587. The molecule has 0 aliphatic rings. The van der Waals surface area contributed by atoms with E-state index in [0.717, 1.165) is 3.97 Å². The molecule has 2 rings (SSSR count). The Morgan fingerprint density at radius 1 is 1.00 bits per heavy atom. The van der Waals surface area contributed by atoms with Crippen molar-refractivity contribution < 1.29 is 8.42 Å². The molecule has 0 aliphatic heterocycles. The van der Waals surface area contributed by atoms with Gasteiger partial charge < -0.3 is 0 Å². The summed E-state index contributed by atoms with van der Waals surface area (Å²) in [5.74, 6) is 0. The van der Waals surface area contributed by atoms with Crippen molar-refractivity contribution in [2.24, 2.45) is 0 Å². The van der Waals surface area contributed by atoms with E-state index in [0.29, 0.717) is 0 Å². The Balaban J connectivity index is 2.60. The lowest BCUT2D eigenvalue weighted by Gasteiger charge is -2.06. The standard InChI is InChI=1S/C10H8ClNO2S/c11-10-7-4-8-12(10)15(13,14)9-5-2-1-3-6-9/h1-8H. The molecule has 0 saturated carbocycles. The van der Waals surface area contributed by atoms with Crippen LogP contribution in [0.15, 0.2) is 53.6 Å². The topological polar surface area (TPSA) is 39.1 Å². The molecule has 3 nitrogen and oxygen atoms in total. The van der Waals surface area contributed by atoms with E-state index >= 15 is 0 Å². The average molecular weight is 242 g/mol. The van der Waals surface area contributed by atoms with Crippen LogP contribution >= 0.6 is 11.6 Å². The van der Waals surface area contributed by atoms with Crippen molar-refractivity contribution >= 4 is 21.6 Å². The van der Waals surface area contributed by atoms with Gasteiger partial charge in [0, 0.05) is 6.20 Å². The largest absolute Gasteiger partial charge is 0.268 e. The van der Waals surface area contributed by atoms with Gasteiger partial charge in [0.05, 0.1) is 4.90 Å². The third-order valence-electron chi connectivity index (χ3n) is 1.97. The molecule has 1 aromatic heterocycles. The summed E-state index contributed by atoms with van der Waals surface area (Å²) < 4.78 is 25.0. The number of hydrogen-bond donors (Lipinski definition) is 0. The monoisotopic (exact) mass is 241 g/mol. The van der Waals surface area contributed by atoms with E-state index in [2.05, 4.69) is 0 Å². The fraction of sp³-hybridized carbons (Fsp3) is 0.